The van der Waals surface area contributed by atoms with E-state index in [4.69, 9.17) is 16.1 Å². The van der Waals surface area contributed by atoms with Gasteiger partial charge in [-0.05, 0) is 51.2 Å². The first-order chi connectivity index (χ1) is 15.5. The quantitative estimate of drug-likeness (QED) is 0.491. The Morgan fingerprint density at radius 1 is 1.03 bits per heavy atom. The van der Waals surface area contributed by atoms with Crippen molar-refractivity contribution in [3.63, 3.8) is 0 Å². The number of benzene rings is 2. The van der Waals surface area contributed by atoms with Crippen LogP contribution in [0.3, 0.4) is 0 Å². The van der Waals surface area contributed by atoms with Gasteiger partial charge in [-0.3, -0.25) is 4.79 Å². The molecule has 0 saturated carbocycles. The molecule has 0 spiro atoms. The van der Waals surface area contributed by atoms with Gasteiger partial charge in [0.15, 0.2) is 0 Å². The second-order valence-electron chi connectivity index (χ2n) is 8.41. The first kappa shape index (κ1) is 22.4. The number of aromatic nitrogens is 1. The zero-order valence-corrected chi connectivity index (χ0v) is 19.4. The van der Waals surface area contributed by atoms with E-state index in [0.29, 0.717) is 23.7 Å². The summed E-state index contributed by atoms with van der Waals surface area (Å²) in [4.78, 5) is 19.7. The molecule has 0 aliphatic carbocycles. The van der Waals surface area contributed by atoms with Crippen molar-refractivity contribution < 1.29 is 9.32 Å². The molecule has 1 aliphatic rings. The van der Waals surface area contributed by atoms with Crippen molar-refractivity contribution in [2.24, 2.45) is 0 Å². The standard InChI is InChI=1S/C25H29ClN4O2/c1-28(2)16-17-30(24(31)20-10-12-21(26)13-11-20)18-22-23(19-8-4-3-5-9-19)27-32-25(22)29-14-6-7-15-29/h3-5,8-13H,6-7,14-18H2,1-2H3. The normalized spacial score (nSPS) is 13.7. The second-order valence-corrected chi connectivity index (χ2v) is 8.85. The molecule has 7 heteroatoms. The van der Waals surface area contributed by atoms with Crippen molar-refractivity contribution >= 4 is 23.4 Å². The molecule has 32 heavy (non-hydrogen) atoms. The molecule has 1 saturated heterocycles. The molecule has 0 radical (unpaired) electrons. The van der Waals surface area contributed by atoms with Crippen molar-refractivity contribution in [3.8, 4) is 11.3 Å². The predicted octanol–water partition coefficient (Wildman–Crippen LogP) is 4.80. The van der Waals surface area contributed by atoms with E-state index in [9.17, 15) is 4.79 Å². The van der Waals surface area contributed by atoms with Crippen LogP contribution >= 0.6 is 11.6 Å². The minimum absolute atomic E-state index is 0.0314. The summed E-state index contributed by atoms with van der Waals surface area (Å²) < 4.78 is 5.87. The van der Waals surface area contributed by atoms with Crippen molar-refractivity contribution in [1.29, 1.82) is 0 Å². The summed E-state index contributed by atoms with van der Waals surface area (Å²) in [6.07, 6.45) is 2.27. The van der Waals surface area contributed by atoms with Crippen LogP contribution in [0.4, 0.5) is 5.88 Å². The average Bonchev–Trinajstić information content (AvgIpc) is 3.47. The van der Waals surface area contributed by atoms with Crippen LogP contribution in [0.1, 0.15) is 28.8 Å². The third-order valence-corrected chi connectivity index (χ3v) is 6.00. The summed E-state index contributed by atoms with van der Waals surface area (Å²) in [5.74, 6) is 0.746. The number of anilines is 1. The summed E-state index contributed by atoms with van der Waals surface area (Å²) in [6, 6.07) is 17.1. The van der Waals surface area contributed by atoms with Gasteiger partial charge in [0.25, 0.3) is 5.91 Å². The molecular formula is C25H29ClN4O2. The van der Waals surface area contributed by atoms with Gasteiger partial charge in [0.05, 0.1) is 12.1 Å². The summed E-state index contributed by atoms with van der Waals surface area (Å²) in [6.45, 7) is 3.66. The van der Waals surface area contributed by atoms with Gasteiger partial charge in [0, 0.05) is 42.3 Å². The Morgan fingerprint density at radius 2 is 1.72 bits per heavy atom. The number of halogens is 1. The van der Waals surface area contributed by atoms with Gasteiger partial charge in [-0.2, -0.15) is 0 Å². The van der Waals surface area contributed by atoms with Gasteiger partial charge in [-0.15, -0.1) is 0 Å². The van der Waals surface area contributed by atoms with Gasteiger partial charge in [0.1, 0.15) is 5.69 Å². The van der Waals surface area contributed by atoms with Gasteiger partial charge in [-0.25, -0.2) is 0 Å². The van der Waals surface area contributed by atoms with Crippen LogP contribution in [0, 0.1) is 0 Å². The highest BCUT2D eigenvalue weighted by molar-refractivity contribution is 6.30. The lowest BCUT2D eigenvalue weighted by Crippen LogP contribution is -2.36. The Balaban J connectivity index is 1.70. The Kier molecular flexibility index (Phi) is 7.12. The van der Waals surface area contributed by atoms with Crippen molar-refractivity contribution in [3.05, 3.63) is 70.7 Å². The lowest BCUT2D eigenvalue weighted by Gasteiger charge is -2.26. The predicted molar refractivity (Wildman–Crippen MR) is 128 cm³/mol. The molecule has 0 atom stereocenters. The van der Waals surface area contributed by atoms with Crippen LogP contribution in [0.15, 0.2) is 59.1 Å². The molecule has 6 nitrogen and oxygen atoms in total. The lowest BCUT2D eigenvalue weighted by atomic mass is 10.1. The molecule has 1 aliphatic heterocycles. The number of hydrogen-bond donors (Lipinski definition) is 0. The Bertz CT molecular complexity index is 1030. The topological polar surface area (TPSA) is 52.8 Å². The largest absolute Gasteiger partial charge is 0.340 e. The summed E-state index contributed by atoms with van der Waals surface area (Å²) in [5, 5.41) is 5.05. The minimum Gasteiger partial charge on any atom is -0.340 e. The maximum absolute atomic E-state index is 13.5. The first-order valence-corrected chi connectivity index (χ1v) is 11.4. The average molecular weight is 453 g/mol. The molecule has 0 unspecified atom stereocenters. The van der Waals surface area contributed by atoms with Gasteiger partial charge in [0.2, 0.25) is 5.88 Å². The number of nitrogens with zero attached hydrogens (tertiary/aromatic N) is 4. The molecule has 1 aromatic heterocycles. The zero-order chi connectivity index (χ0) is 22.5. The van der Waals surface area contributed by atoms with Crippen LogP contribution in [0.5, 0.6) is 0 Å². The highest BCUT2D eigenvalue weighted by Crippen LogP contribution is 2.34. The molecule has 1 amide bonds. The fourth-order valence-electron chi connectivity index (χ4n) is 3.97. The van der Waals surface area contributed by atoms with Crippen LogP contribution in [-0.2, 0) is 6.54 Å². The van der Waals surface area contributed by atoms with E-state index in [1.807, 2.05) is 49.3 Å². The van der Waals surface area contributed by atoms with Crippen LogP contribution in [0.2, 0.25) is 5.02 Å². The molecule has 168 valence electrons. The van der Waals surface area contributed by atoms with Gasteiger partial charge in [-0.1, -0.05) is 47.1 Å². The fourth-order valence-corrected chi connectivity index (χ4v) is 4.10. The number of carbonyl (C=O) groups is 1. The van der Waals surface area contributed by atoms with E-state index in [2.05, 4.69) is 15.0 Å². The number of likely N-dealkylation sites (N-methyl/N-ethyl adjacent to an activating group) is 1. The molecule has 4 rings (SSSR count). The number of amides is 1. The van der Waals surface area contributed by atoms with E-state index in [1.54, 1.807) is 24.3 Å². The molecule has 0 bridgehead atoms. The molecule has 2 heterocycles. The fraction of sp³-hybridized carbons (Fsp3) is 0.360. The summed E-state index contributed by atoms with van der Waals surface area (Å²) in [7, 11) is 4.02. The highest BCUT2D eigenvalue weighted by atomic mass is 35.5. The maximum Gasteiger partial charge on any atom is 0.254 e. The molecule has 0 N–H and O–H groups in total. The van der Waals surface area contributed by atoms with Crippen LogP contribution in [-0.4, -0.2) is 61.1 Å². The Morgan fingerprint density at radius 3 is 2.38 bits per heavy atom. The monoisotopic (exact) mass is 452 g/mol. The lowest BCUT2D eigenvalue weighted by molar-refractivity contribution is 0.0732. The van der Waals surface area contributed by atoms with Crippen LogP contribution < -0.4 is 4.90 Å². The third kappa shape index (κ3) is 5.14. The second kappa shape index (κ2) is 10.2. The minimum atomic E-state index is -0.0314. The van der Waals surface area contributed by atoms with E-state index < -0.39 is 0 Å². The summed E-state index contributed by atoms with van der Waals surface area (Å²) >= 11 is 6.04. The number of rotatable bonds is 8. The molecule has 1 fully saturated rings. The van der Waals surface area contributed by atoms with E-state index in [1.165, 1.54) is 0 Å². The Labute approximate surface area is 194 Å². The van der Waals surface area contributed by atoms with E-state index in [0.717, 1.165) is 55.2 Å². The van der Waals surface area contributed by atoms with Crippen LogP contribution in [0.25, 0.3) is 11.3 Å². The van der Waals surface area contributed by atoms with E-state index in [-0.39, 0.29) is 5.91 Å². The molecule has 2 aromatic carbocycles. The van der Waals surface area contributed by atoms with Crippen molar-refractivity contribution in [2.75, 3.05) is 45.2 Å². The third-order valence-electron chi connectivity index (χ3n) is 5.75. The molecular weight excluding hydrogens is 424 g/mol. The maximum atomic E-state index is 13.5. The van der Waals surface area contributed by atoms with Gasteiger partial charge < -0.3 is 19.2 Å². The van der Waals surface area contributed by atoms with Crippen molar-refractivity contribution in [2.45, 2.75) is 19.4 Å². The molecule has 3 aromatic rings. The van der Waals surface area contributed by atoms with E-state index >= 15 is 0 Å². The van der Waals surface area contributed by atoms with Crippen molar-refractivity contribution in [1.82, 2.24) is 15.0 Å². The summed E-state index contributed by atoms with van der Waals surface area (Å²) in [5.41, 5.74) is 3.36. The Hall–Kier alpha value is -2.83. The SMILES string of the molecule is CN(C)CCN(Cc1c(-c2ccccc2)noc1N1CCCC1)C(=O)c1ccc(Cl)cc1. The number of carbonyl (C=O) groups excluding carboxylic acids is 1. The zero-order valence-electron chi connectivity index (χ0n) is 18.6. The number of hydrogen-bond acceptors (Lipinski definition) is 5. The highest BCUT2D eigenvalue weighted by Gasteiger charge is 2.28. The van der Waals surface area contributed by atoms with Gasteiger partial charge >= 0.3 is 0 Å². The first-order valence-electron chi connectivity index (χ1n) is 11.0. The smallest absolute Gasteiger partial charge is 0.254 e.